The number of alkyl carbamates (subject to hydrolysis) is 1. The predicted molar refractivity (Wildman–Crippen MR) is 117 cm³/mol. The maximum Gasteiger partial charge on any atom is 0.410 e. The lowest BCUT2D eigenvalue weighted by molar-refractivity contribution is -0.144. The monoisotopic (exact) mass is 479 g/mol. The van der Waals surface area contributed by atoms with Crippen LogP contribution in [0.25, 0.3) is 0 Å². The van der Waals surface area contributed by atoms with Gasteiger partial charge in [0.25, 0.3) is 0 Å². The Labute approximate surface area is 190 Å². The van der Waals surface area contributed by atoms with E-state index < -0.39 is 38.0 Å². The molecule has 0 aromatic heterocycles. The maximum atomic E-state index is 12.6. The van der Waals surface area contributed by atoms with Crippen LogP contribution in [0.15, 0.2) is 54.6 Å². The van der Waals surface area contributed by atoms with Crippen molar-refractivity contribution in [1.29, 1.82) is 0 Å². The summed E-state index contributed by atoms with van der Waals surface area (Å²) in [6.07, 6.45) is -1.41. The molecule has 10 nitrogen and oxygen atoms in total. The molecule has 0 radical (unpaired) electrons. The zero-order valence-electron chi connectivity index (χ0n) is 18.0. The molecule has 0 aliphatic carbocycles. The lowest BCUT2D eigenvalue weighted by Gasteiger charge is -2.20. The third kappa shape index (κ3) is 8.34. The van der Waals surface area contributed by atoms with Crippen LogP contribution >= 0.6 is 7.37 Å². The van der Waals surface area contributed by atoms with Crippen LogP contribution in [0.3, 0.4) is 0 Å². The molecule has 11 heteroatoms. The number of nitrogens with one attached hydrogen (secondary N) is 1. The number of esters is 2. The maximum absolute atomic E-state index is 12.6. The minimum atomic E-state index is -4.17. The molecule has 0 fully saturated rings. The Kier molecular flexibility index (Phi) is 10.1. The van der Waals surface area contributed by atoms with Crippen LogP contribution in [-0.2, 0) is 30.2 Å². The molecule has 178 valence electrons. The van der Waals surface area contributed by atoms with Crippen LogP contribution in [0, 0.1) is 0 Å². The Hall–Kier alpha value is -3.20. The highest BCUT2D eigenvalue weighted by Gasteiger charge is 2.33. The average molecular weight is 479 g/mol. The lowest BCUT2D eigenvalue weighted by Crippen LogP contribution is -2.28. The second kappa shape index (κ2) is 12.7. The van der Waals surface area contributed by atoms with Gasteiger partial charge in [0.15, 0.2) is 12.6 Å². The molecule has 33 heavy (non-hydrogen) atoms. The molecular formula is C22H26NO9P. The van der Waals surface area contributed by atoms with Crippen LogP contribution in [0.4, 0.5) is 4.79 Å². The van der Waals surface area contributed by atoms with Gasteiger partial charge in [-0.25, -0.2) is 9.59 Å². The van der Waals surface area contributed by atoms with Gasteiger partial charge in [-0.05, 0) is 18.1 Å². The van der Waals surface area contributed by atoms with Crippen molar-refractivity contribution >= 4 is 25.4 Å². The molecule has 0 bridgehead atoms. The second-order valence-electron chi connectivity index (χ2n) is 6.93. The zero-order chi connectivity index (χ0) is 24.3. The topological polar surface area (TPSA) is 148 Å². The van der Waals surface area contributed by atoms with E-state index in [9.17, 15) is 28.9 Å². The van der Waals surface area contributed by atoms with E-state index in [1.165, 1.54) is 24.3 Å². The van der Waals surface area contributed by atoms with Gasteiger partial charge in [0, 0.05) is 18.1 Å². The number of amides is 1. The van der Waals surface area contributed by atoms with Gasteiger partial charge in [-0.2, -0.15) is 0 Å². The highest BCUT2D eigenvalue weighted by atomic mass is 31.2. The van der Waals surface area contributed by atoms with Gasteiger partial charge in [0.05, 0.1) is 12.7 Å². The highest BCUT2D eigenvalue weighted by Crippen LogP contribution is 2.55. The van der Waals surface area contributed by atoms with Gasteiger partial charge < -0.3 is 24.2 Å². The Bertz CT molecular complexity index is 996. The summed E-state index contributed by atoms with van der Waals surface area (Å²) in [5.74, 6) is -3.27. The molecule has 0 saturated heterocycles. The first-order valence-electron chi connectivity index (χ1n) is 10.0. The van der Waals surface area contributed by atoms with Crippen molar-refractivity contribution in [3.05, 3.63) is 71.3 Å². The van der Waals surface area contributed by atoms with Crippen molar-refractivity contribution < 1.29 is 43.2 Å². The van der Waals surface area contributed by atoms with Gasteiger partial charge in [-0.1, -0.05) is 48.5 Å². The number of ether oxygens (including phenoxy) is 3. The quantitative estimate of drug-likeness (QED) is 0.191. The Morgan fingerprint density at radius 2 is 1.70 bits per heavy atom. The number of methoxy groups -OCH3 is 1. The van der Waals surface area contributed by atoms with Gasteiger partial charge in [-0.15, -0.1) is 0 Å². The first kappa shape index (κ1) is 26.1. The first-order valence-corrected chi connectivity index (χ1v) is 11.9. The number of benzene rings is 2. The molecule has 2 atom stereocenters. The fraction of sp³-hybridized carbons (Fsp3) is 0.318. The fourth-order valence-corrected chi connectivity index (χ4v) is 4.34. The third-order valence-corrected chi connectivity index (χ3v) is 6.55. The van der Waals surface area contributed by atoms with Crippen molar-refractivity contribution in [3.63, 3.8) is 0 Å². The molecule has 0 saturated carbocycles. The van der Waals surface area contributed by atoms with E-state index in [1.54, 1.807) is 24.3 Å². The largest absolute Gasteiger partial charge is 0.465 e. The van der Waals surface area contributed by atoms with E-state index in [1.807, 2.05) is 6.07 Å². The summed E-state index contributed by atoms with van der Waals surface area (Å²) < 4.78 is 27.0. The van der Waals surface area contributed by atoms with Crippen molar-refractivity contribution in [1.82, 2.24) is 5.32 Å². The minimum Gasteiger partial charge on any atom is -0.465 e. The molecule has 0 spiro atoms. The van der Waals surface area contributed by atoms with Crippen molar-refractivity contribution in [2.24, 2.45) is 0 Å². The molecule has 2 aromatic carbocycles. The Morgan fingerprint density at radius 1 is 1.03 bits per heavy atom. The van der Waals surface area contributed by atoms with Crippen LogP contribution in [-0.4, -0.2) is 48.0 Å². The van der Waals surface area contributed by atoms with Crippen molar-refractivity contribution in [2.45, 2.75) is 25.3 Å². The normalized spacial score (nSPS) is 13.3. The first-order chi connectivity index (χ1) is 15.7. The average Bonchev–Trinajstić information content (AvgIpc) is 2.82. The van der Waals surface area contributed by atoms with Crippen LogP contribution in [0.2, 0.25) is 0 Å². The molecular weight excluding hydrogens is 453 g/mol. The minimum absolute atomic E-state index is 0.0218. The molecule has 0 aliphatic rings. The molecule has 3 N–H and O–H groups in total. The van der Waals surface area contributed by atoms with E-state index in [0.29, 0.717) is 0 Å². The predicted octanol–water partition coefficient (Wildman–Crippen LogP) is 2.94. The summed E-state index contributed by atoms with van der Waals surface area (Å²) >= 11 is 0. The van der Waals surface area contributed by atoms with Crippen LogP contribution in [0.5, 0.6) is 0 Å². The summed E-state index contributed by atoms with van der Waals surface area (Å²) in [5.41, 5.74) is 0.747. The Balaban J connectivity index is 1.73. The van der Waals surface area contributed by atoms with Gasteiger partial charge in [0.1, 0.15) is 6.61 Å². The summed E-state index contributed by atoms with van der Waals surface area (Å²) in [6.45, 7) is -0.355. The zero-order valence-corrected chi connectivity index (χ0v) is 18.9. The van der Waals surface area contributed by atoms with Crippen molar-refractivity contribution in [3.8, 4) is 0 Å². The summed E-state index contributed by atoms with van der Waals surface area (Å²) in [6, 6.07) is 14.8. The van der Waals surface area contributed by atoms with E-state index >= 15 is 0 Å². The molecule has 1 amide bonds. The van der Waals surface area contributed by atoms with Crippen molar-refractivity contribution in [2.75, 3.05) is 20.0 Å². The number of aliphatic hydroxyl groups is 1. The SMILES string of the molecule is COC(=O)c1ccccc1[C@@H](O)P(=O)(O)CCCC(=O)OCNC(=O)OCc1ccccc1. The summed E-state index contributed by atoms with van der Waals surface area (Å²) in [7, 11) is -3.01. The van der Waals surface area contributed by atoms with Gasteiger partial charge in [-0.3, -0.25) is 14.7 Å². The Morgan fingerprint density at radius 3 is 2.39 bits per heavy atom. The fourth-order valence-electron chi connectivity index (χ4n) is 2.83. The third-order valence-electron chi connectivity index (χ3n) is 4.55. The molecule has 2 aromatic rings. The standard InChI is InChI=1S/C22H26NO9P/c1-30-20(25)17-10-5-6-11-18(17)21(26)33(28,29)13-7-12-19(24)32-15-23-22(27)31-14-16-8-3-2-4-9-16/h2-6,8-11,21,26H,7,12-15H2,1H3,(H,23,27)(H,28,29)/t21-/m0/s1. The van der Waals surface area contributed by atoms with E-state index in [0.717, 1.165) is 12.7 Å². The van der Waals surface area contributed by atoms with E-state index in [2.05, 4.69) is 10.1 Å². The molecule has 2 rings (SSSR count). The lowest BCUT2D eigenvalue weighted by atomic mass is 10.1. The number of carbonyl (C=O) groups excluding carboxylic acids is 3. The number of hydrogen-bond acceptors (Lipinski definition) is 8. The highest BCUT2D eigenvalue weighted by molar-refractivity contribution is 7.58. The van der Waals surface area contributed by atoms with E-state index in [-0.39, 0.29) is 36.7 Å². The molecule has 0 heterocycles. The number of carbonyl (C=O) groups is 3. The second-order valence-corrected chi connectivity index (χ2v) is 9.38. The molecule has 1 unspecified atom stereocenters. The number of aliphatic hydroxyl groups excluding tert-OH is 1. The van der Waals surface area contributed by atoms with Crippen LogP contribution < -0.4 is 5.32 Å². The van der Waals surface area contributed by atoms with E-state index in [4.69, 9.17) is 9.47 Å². The smallest absolute Gasteiger partial charge is 0.410 e. The summed E-state index contributed by atoms with van der Waals surface area (Å²) in [4.78, 5) is 45.5. The summed E-state index contributed by atoms with van der Waals surface area (Å²) in [5, 5.41) is 12.6. The molecule has 0 aliphatic heterocycles. The number of hydrogen-bond donors (Lipinski definition) is 3. The van der Waals surface area contributed by atoms with Gasteiger partial charge in [0.2, 0.25) is 7.37 Å². The number of rotatable bonds is 11. The van der Waals surface area contributed by atoms with Gasteiger partial charge >= 0.3 is 18.0 Å². The van der Waals surface area contributed by atoms with Crippen LogP contribution in [0.1, 0.15) is 40.2 Å².